The number of benzene rings is 2. The van der Waals surface area contributed by atoms with E-state index in [2.05, 4.69) is 11.4 Å². The highest BCUT2D eigenvalue weighted by Gasteiger charge is 2.06. The SMILES string of the molecule is COc1ccc(C)cc1CCNC(=O)CCSc1ccccc1F. The van der Waals surface area contributed by atoms with Crippen LogP contribution in [0.4, 0.5) is 4.39 Å². The van der Waals surface area contributed by atoms with Crippen molar-refractivity contribution in [2.75, 3.05) is 19.4 Å². The minimum atomic E-state index is -0.241. The van der Waals surface area contributed by atoms with Crippen LogP contribution in [-0.4, -0.2) is 25.3 Å². The molecule has 0 saturated heterocycles. The number of thioether (sulfide) groups is 1. The number of hydrogen-bond acceptors (Lipinski definition) is 3. The Hall–Kier alpha value is -2.01. The zero-order chi connectivity index (χ0) is 17.4. The fourth-order valence-electron chi connectivity index (χ4n) is 2.34. The lowest BCUT2D eigenvalue weighted by atomic mass is 10.1. The van der Waals surface area contributed by atoms with E-state index in [9.17, 15) is 9.18 Å². The van der Waals surface area contributed by atoms with Crippen molar-refractivity contribution in [3.05, 3.63) is 59.4 Å². The number of ether oxygens (including phenoxy) is 1. The van der Waals surface area contributed by atoms with Crippen LogP contribution in [0.5, 0.6) is 5.75 Å². The van der Waals surface area contributed by atoms with E-state index in [1.54, 1.807) is 25.3 Å². The molecule has 1 N–H and O–H groups in total. The molecule has 0 aliphatic rings. The number of carbonyl (C=O) groups excluding carboxylic acids is 1. The van der Waals surface area contributed by atoms with Gasteiger partial charge in [0.25, 0.3) is 0 Å². The third-order valence-corrected chi connectivity index (χ3v) is 4.63. The second-order valence-corrected chi connectivity index (χ2v) is 6.58. The van der Waals surface area contributed by atoms with Crippen LogP contribution in [0.2, 0.25) is 0 Å². The van der Waals surface area contributed by atoms with Gasteiger partial charge in [0.2, 0.25) is 5.91 Å². The quantitative estimate of drug-likeness (QED) is 0.734. The minimum absolute atomic E-state index is 0.0227. The Morgan fingerprint density at radius 3 is 2.79 bits per heavy atom. The van der Waals surface area contributed by atoms with Gasteiger partial charge < -0.3 is 10.1 Å². The van der Waals surface area contributed by atoms with E-state index in [0.717, 1.165) is 17.7 Å². The normalized spacial score (nSPS) is 10.5. The summed E-state index contributed by atoms with van der Waals surface area (Å²) in [6, 6.07) is 12.6. The maximum absolute atomic E-state index is 13.5. The standard InChI is InChI=1S/C19H22FNO2S/c1-14-7-8-17(23-2)15(13-14)9-11-21-19(22)10-12-24-18-6-4-3-5-16(18)20/h3-8,13H,9-12H2,1-2H3,(H,21,22). The Bertz CT molecular complexity index is 691. The van der Waals surface area contributed by atoms with Gasteiger partial charge in [-0.15, -0.1) is 11.8 Å². The highest BCUT2D eigenvalue weighted by Crippen LogP contribution is 2.22. The van der Waals surface area contributed by atoms with Crippen molar-refractivity contribution in [1.82, 2.24) is 5.32 Å². The summed E-state index contributed by atoms with van der Waals surface area (Å²) < 4.78 is 18.8. The zero-order valence-corrected chi connectivity index (χ0v) is 14.8. The highest BCUT2D eigenvalue weighted by molar-refractivity contribution is 7.99. The average Bonchev–Trinajstić information content (AvgIpc) is 2.57. The predicted molar refractivity (Wildman–Crippen MR) is 96.2 cm³/mol. The molecule has 2 rings (SSSR count). The van der Waals surface area contributed by atoms with Crippen LogP contribution in [0.1, 0.15) is 17.5 Å². The van der Waals surface area contributed by atoms with Crippen molar-refractivity contribution in [2.45, 2.75) is 24.7 Å². The van der Waals surface area contributed by atoms with Crippen molar-refractivity contribution in [1.29, 1.82) is 0 Å². The molecule has 0 atom stereocenters. The molecular formula is C19H22FNO2S. The van der Waals surface area contributed by atoms with Crippen molar-refractivity contribution in [3.8, 4) is 5.75 Å². The van der Waals surface area contributed by atoms with E-state index in [-0.39, 0.29) is 11.7 Å². The van der Waals surface area contributed by atoms with Crippen LogP contribution < -0.4 is 10.1 Å². The van der Waals surface area contributed by atoms with E-state index in [1.807, 2.05) is 19.1 Å². The van der Waals surface area contributed by atoms with Gasteiger partial charge in [-0.25, -0.2) is 4.39 Å². The van der Waals surface area contributed by atoms with Gasteiger partial charge in [-0.2, -0.15) is 0 Å². The van der Waals surface area contributed by atoms with Crippen LogP contribution in [-0.2, 0) is 11.2 Å². The van der Waals surface area contributed by atoms with E-state index >= 15 is 0 Å². The first-order valence-electron chi connectivity index (χ1n) is 7.87. The van der Waals surface area contributed by atoms with Crippen LogP contribution in [0, 0.1) is 12.7 Å². The monoisotopic (exact) mass is 347 g/mol. The Balaban J connectivity index is 1.72. The lowest BCUT2D eigenvalue weighted by molar-refractivity contribution is -0.120. The summed E-state index contributed by atoms with van der Waals surface area (Å²) in [5, 5.41) is 2.90. The van der Waals surface area contributed by atoms with Crippen LogP contribution in [0.15, 0.2) is 47.4 Å². The number of amides is 1. The number of aryl methyl sites for hydroxylation is 1. The highest BCUT2D eigenvalue weighted by atomic mass is 32.2. The number of hydrogen-bond donors (Lipinski definition) is 1. The Kier molecular flexibility index (Phi) is 7.12. The van der Waals surface area contributed by atoms with Gasteiger partial charge in [0, 0.05) is 23.6 Å². The Labute approximate surface area is 146 Å². The molecule has 0 aliphatic heterocycles. The lowest BCUT2D eigenvalue weighted by Gasteiger charge is -2.10. The van der Waals surface area contributed by atoms with E-state index < -0.39 is 0 Å². The summed E-state index contributed by atoms with van der Waals surface area (Å²) in [6.07, 6.45) is 1.08. The summed E-state index contributed by atoms with van der Waals surface area (Å²) >= 11 is 1.36. The summed E-state index contributed by atoms with van der Waals surface area (Å²) in [4.78, 5) is 12.5. The molecule has 0 bridgehead atoms. The molecule has 5 heteroatoms. The van der Waals surface area contributed by atoms with Gasteiger partial charge in [0.05, 0.1) is 7.11 Å². The van der Waals surface area contributed by atoms with Crippen molar-refractivity contribution < 1.29 is 13.9 Å². The first-order valence-corrected chi connectivity index (χ1v) is 8.86. The maximum Gasteiger partial charge on any atom is 0.220 e. The second kappa shape index (κ2) is 9.33. The van der Waals surface area contributed by atoms with E-state index in [1.165, 1.54) is 23.4 Å². The average molecular weight is 347 g/mol. The van der Waals surface area contributed by atoms with Crippen LogP contribution >= 0.6 is 11.8 Å². The summed E-state index contributed by atoms with van der Waals surface area (Å²) in [6.45, 7) is 2.59. The smallest absolute Gasteiger partial charge is 0.220 e. The van der Waals surface area contributed by atoms with Crippen LogP contribution in [0.25, 0.3) is 0 Å². The molecule has 2 aromatic rings. The summed E-state index contributed by atoms with van der Waals surface area (Å²) in [5.41, 5.74) is 2.25. The molecule has 0 saturated carbocycles. The number of carbonyl (C=O) groups is 1. The minimum Gasteiger partial charge on any atom is -0.496 e. The Morgan fingerprint density at radius 1 is 1.25 bits per heavy atom. The predicted octanol–water partition coefficient (Wildman–Crippen LogP) is 3.98. The van der Waals surface area contributed by atoms with Gasteiger partial charge >= 0.3 is 0 Å². The second-order valence-electron chi connectivity index (χ2n) is 5.44. The molecule has 2 aromatic carbocycles. The molecule has 1 amide bonds. The molecule has 0 spiro atoms. The topological polar surface area (TPSA) is 38.3 Å². The number of rotatable bonds is 8. The summed E-state index contributed by atoms with van der Waals surface area (Å²) in [5.74, 6) is 1.13. The van der Waals surface area contributed by atoms with E-state index in [0.29, 0.717) is 23.6 Å². The lowest BCUT2D eigenvalue weighted by Crippen LogP contribution is -2.26. The van der Waals surface area contributed by atoms with Gasteiger partial charge in [-0.1, -0.05) is 29.8 Å². The largest absolute Gasteiger partial charge is 0.496 e. The Morgan fingerprint density at radius 2 is 2.04 bits per heavy atom. The molecule has 0 aliphatic carbocycles. The van der Waals surface area contributed by atoms with Gasteiger partial charge in [0.1, 0.15) is 11.6 Å². The van der Waals surface area contributed by atoms with Gasteiger partial charge in [0.15, 0.2) is 0 Å². The van der Waals surface area contributed by atoms with Crippen molar-refractivity contribution in [2.24, 2.45) is 0 Å². The fraction of sp³-hybridized carbons (Fsp3) is 0.316. The number of halogens is 1. The molecular weight excluding hydrogens is 325 g/mol. The van der Waals surface area contributed by atoms with Crippen LogP contribution in [0.3, 0.4) is 0 Å². The maximum atomic E-state index is 13.5. The van der Waals surface area contributed by atoms with Gasteiger partial charge in [-0.05, 0) is 37.1 Å². The third-order valence-electron chi connectivity index (χ3n) is 3.58. The molecule has 24 heavy (non-hydrogen) atoms. The first kappa shape index (κ1) is 18.3. The molecule has 0 unspecified atom stereocenters. The zero-order valence-electron chi connectivity index (χ0n) is 14.0. The number of nitrogens with one attached hydrogen (secondary N) is 1. The first-order chi connectivity index (χ1) is 11.6. The molecule has 0 heterocycles. The third kappa shape index (κ3) is 5.57. The molecule has 0 fully saturated rings. The number of methoxy groups -OCH3 is 1. The fourth-order valence-corrected chi connectivity index (χ4v) is 3.23. The van der Waals surface area contributed by atoms with E-state index in [4.69, 9.17) is 4.74 Å². The molecule has 0 aromatic heterocycles. The summed E-state index contributed by atoms with van der Waals surface area (Å²) in [7, 11) is 1.65. The van der Waals surface area contributed by atoms with Crippen molar-refractivity contribution in [3.63, 3.8) is 0 Å². The molecule has 128 valence electrons. The van der Waals surface area contributed by atoms with Gasteiger partial charge in [-0.3, -0.25) is 4.79 Å². The molecule has 3 nitrogen and oxygen atoms in total. The molecule has 0 radical (unpaired) electrons. The van der Waals surface area contributed by atoms with Crippen molar-refractivity contribution >= 4 is 17.7 Å².